The Morgan fingerprint density at radius 1 is 1.27 bits per heavy atom. The molecule has 0 bridgehead atoms. The number of benzene rings is 1. The van der Waals surface area contributed by atoms with Gasteiger partial charge in [-0.1, -0.05) is 31.2 Å². The summed E-state index contributed by atoms with van der Waals surface area (Å²) in [5.74, 6) is 0.320. The van der Waals surface area contributed by atoms with Gasteiger partial charge >= 0.3 is 0 Å². The van der Waals surface area contributed by atoms with Crippen LogP contribution < -0.4 is 11.3 Å². The van der Waals surface area contributed by atoms with Crippen LogP contribution >= 0.6 is 27.3 Å². The Hall–Kier alpha value is -2.02. The molecule has 0 saturated heterocycles. The van der Waals surface area contributed by atoms with E-state index in [4.69, 9.17) is 5.73 Å². The number of fused-ring (bicyclic) bond motifs is 3. The van der Waals surface area contributed by atoms with E-state index >= 15 is 0 Å². The van der Waals surface area contributed by atoms with Crippen LogP contribution in [0.15, 0.2) is 45.1 Å². The SMILES string of the molecule is Cc1nc(Br)c(-c2ccc([C@@H](C)CN)cc2)c2c1[nH]c(=O)c1sccc12. The summed E-state index contributed by atoms with van der Waals surface area (Å²) in [6.45, 7) is 4.65. The van der Waals surface area contributed by atoms with Gasteiger partial charge in [0.15, 0.2) is 0 Å². The maximum absolute atomic E-state index is 12.4. The molecule has 0 fully saturated rings. The van der Waals surface area contributed by atoms with Crippen LogP contribution in [0.3, 0.4) is 0 Å². The second-order valence-corrected chi connectivity index (χ2v) is 8.16. The lowest BCUT2D eigenvalue weighted by molar-refractivity contribution is 0.774. The predicted octanol–water partition coefficient (Wildman–Crippen LogP) is 4.94. The quantitative estimate of drug-likeness (QED) is 0.454. The second kappa shape index (κ2) is 6.61. The Labute approximate surface area is 163 Å². The van der Waals surface area contributed by atoms with Crippen molar-refractivity contribution >= 4 is 48.3 Å². The molecule has 0 aliphatic rings. The van der Waals surface area contributed by atoms with E-state index in [0.717, 1.165) is 42.4 Å². The van der Waals surface area contributed by atoms with Crippen LogP contribution in [-0.4, -0.2) is 16.5 Å². The smallest absolute Gasteiger partial charge is 0.266 e. The molecule has 0 radical (unpaired) electrons. The molecule has 0 aliphatic heterocycles. The molecular weight excluding hydrogens is 410 g/mol. The van der Waals surface area contributed by atoms with Crippen molar-refractivity contribution in [1.29, 1.82) is 0 Å². The fourth-order valence-corrected chi connectivity index (χ4v) is 4.81. The first-order valence-corrected chi connectivity index (χ1v) is 10.1. The fraction of sp³-hybridized carbons (Fsp3) is 0.200. The minimum Gasteiger partial charge on any atom is -0.330 e. The molecule has 3 N–H and O–H groups in total. The van der Waals surface area contributed by atoms with Gasteiger partial charge in [-0.05, 0) is 57.9 Å². The van der Waals surface area contributed by atoms with Crippen LogP contribution in [0.25, 0.3) is 32.1 Å². The van der Waals surface area contributed by atoms with Gasteiger partial charge in [-0.15, -0.1) is 11.3 Å². The molecule has 132 valence electrons. The van der Waals surface area contributed by atoms with E-state index in [-0.39, 0.29) is 5.56 Å². The Morgan fingerprint density at radius 3 is 2.69 bits per heavy atom. The maximum atomic E-state index is 12.4. The van der Waals surface area contributed by atoms with E-state index in [2.05, 4.69) is 57.1 Å². The van der Waals surface area contributed by atoms with Crippen LogP contribution in [0, 0.1) is 6.92 Å². The minimum atomic E-state index is -0.0622. The summed E-state index contributed by atoms with van der Waals surface area (Å²) >= 11 is 5.10. The highest BCUT2D eigenvalue weighted by Gasteiger charge is 2.18. The normalized spacial score (nSPS) is 12.8. The molecule has 0 spiro atoms. The zero-order valence-electron chi connectivity index (χ0n) is 14.5. The topological polar surface area (TPSA) is 71.8 Å². The second-order valence-electron chi connectivity index (χ2n) is 6.49. The fourth-order valence-electron chi connectivity index (χ4n) is 3.32. The molecular formula is C20H18BrN3OS. The highest BCUT2D eigenvalue weighted by Crippen LogP contribution is 2.39. The molecule has 1 atom stereocenters. The van der Waals surface area contributed by atoms with E-state index in [1.165, 1.54) is 16.9 Å². The summed E-state index contributed by atoms with van der Waals surface area (Å²) in [4.78, 5) is 20.0. The largest absolute Gasteiger partial charge is 0.330 e. The first-order chi connectivity index (χ1) is 12.5. The van der Waals surface area contributed by atoms with Gasteiger partial charge < -0.3 is 10.7 Å². The van der Waals surface area contributed by atoms with Crippen molar-refractivity contribution < 1.29 is 0 Å². The molecule has 4 nitrogen and oxygen atoms in total. The number of aromatic amines is 1. The maximum Gasteiger partial charge on any atom is 0.266 e. The molecule has 1 aromatic carbocycles. The predicted molar refractivity (Wildman–Crippen MR) is 113 cm³/mol. The minimum absolute atomic E-state index is 0.0622. The van der Waals surface area contributed by atoms with E-state index in [1.807, 2.05) is 18.4 Å². The number of H-pyrrole nitrogens is 1. The Bertz CT molecular complexity index is 1180. The molecule has 0 aliphatic carbocycles. The van der Waals surface area contributed by atoms with E-state index in [0.29, 0.717) is 12.5 Å². The van der Waals surface area contributed by atoms with Crippen LogP contribution in [0.4, 0.5) is 0 Å². The zero-order chi connectivity index (χ0) is 18.4. The molecule has 0 unspecified atom stereocenters. The number of hydrogen-bond donors (Lipinski definition) is 2. The van der Waals surface area contributed by atoms with Crippen molar-refractivity contribution in [3.63, 3.8) is 0 Å². The lowest BCUT2D eigenvalue weighted by atomic mass is 9.95. The number of rotatable bonds is 3. The van der Waals surface area contributed by atoms with Crippen LogP contribution in [0.1, 0.15) is 24.1 Å². The third kappa shape index (κ3) is 2.69. The monoisotopic (exact) mass is 427 g/mol. The van der Waals surface area contributed by atoms with Crippen molar-refractivity contribution in [3.8, 4) is 11.1 Å². The van der Waals surface area contributed by atoms with Gasteiger partial charge in [0.1, 0.15) is 9.30 Å². The first-order valence-electron chi connectivity index (χ1n) is 8.41. The first kappa shape index (κ1) is 17.4. The lowest BCUT2D eigenvalue weighted by Gasteiger charge is -2.14. The Morgan fingerprint density at radius 2 is 2.00 bits per heavy atom. The Balaban J connectivity index is 2.06. The average molecular weight is 428 g/mol. The summed E-state index contributed by atoms with van der Waals surface area (Å²) in [7, 11) is 0. The molecule has 6 heteroatoms. The molecule has 4 aromatic rings. The third-order valence-electron chi connectivity index (χ3n) is 4.84. The van der Waals surface area contributed by atoms with Crippen molar-refractivity contribution in [2.24, 2.45) is 5.73 Å². The Kier molecular flexibility index (Phi) is 4.42. The number of pyridine rings is 2. The molecule has 26 heavy (non-hydrogen) atoms. The van der Waals surface area contributed by atoms with Crippen LogP contribution in [0.2, 0.25) is 0 Å². The summed E-state index contributed by atoms with van der Waals surface area (Å²) in [6.07, 6.45) is 0. The van der Waals surface area contributed by atoms with Gasteiger partial charge in [0.05, 0.1) is 11.2 Å². The molecule has 3 heterocycles. The summed E-state index contributed by atoms with van der Waals surface area (Å²) < 4.78 is 1.52. The number of hydrogen-bond acceptors (Lipinski definition) is 4. The van der Waals surface area contributed by atoms with Crippen molar-refractivity contribution in [2.75, 3.05) is 6.54 Å². The van der Waals surface area contributed by atoms with Gasteiger partial charge in [0.2, 0.25) is 0 Å². The number of halogens is 1. The number of nitrogens with one attached hydrogen (secondary N) is 1. The number of aromatic nitrogens is 2. The number of nitrogens with zero attached hydrogens (tertiary/aromatic N) is 1. The van der Waals surface area contributed by atoms with E-state index in [1.54, 1.807) is 0 Å². The van der Waals surface area contributed by atoms with Crippen molar-refractivity contribution in [3.05, 3.63) is 61.9 Å². The van der Waals surface area contributed by atoms with Gasteiger partial charge in [-0.3, -0.25) is 4.79 Å². The molecule has 0 amide bonds. The highest BCUT2D eigenvalue weighted by atomic mass is 79.9. The van der Waals surface area contributed by atoms with Crippen molar-refractivity contribution in [1.82, 2.24) is 9.97 Å². The summed E-state index contributed by atoms with van der Waals surface area (Å²) in [6, 6.07) is 10.4. The average Bonchev–Trinajstić information content (AvgIpc) is 3.13. The van der Waals surface area contributed by atoms with Crippen LogP contribution in [-0.2, 0) is 0 Å². The highest BCUT2D eigenvalue weighted by molar-refractivity contribution is 9.10. The molecule has 3 aromatic heterocycles. The summed E-state index contributed by atoms with van der Waals surface area (Å²) in [5, 5.41) is 3.95. The number of aryl methyl sites for hydroxylation is 1. The van der Waals surface area contributed by atoms with Gasteiger partial charge in [0, 0.05) is 16.3 Å². The summed E-state index contributed by atoms with van der Waals surface area (Å²) in [5.41, 5.74) is 10.6. The number of thiophene rings is 1. The van der Waals surface area contributed by atoms with Gasteiger partial charge in [-0.25, -0.2) is 4.98 Å². The van der Waals surface area contributed by atoms with Crippen molar-refractivity contribution in [2.45, 2.75) is 19.8 Å². The van der Waals surface area contributed by atoms with E-state index < -0.39 is 0 Å². The standard InChI is InChI=1S/C20H18BrN3OS/c1-10(9-22)12-3-5-13(6-4-12)15-16-14-7-8-26-18(14)20(25)24-17(16)11(2)23-19(15)21/h3-8,10H,9,22H2,1-2H3,(H,24,25)/t10-/m0/s1. The lowest BCUT2D eigenvalue weighted by Crippen LogP contribution is -2.08. The molecule has 4 rings (SSSR count). The number of nitrogens with two attached hydrogens (primary N) is 1. The third-order valence-corrected chi connectivity index (χ3v) is 6.32. The molecule has 0 saturated carbocycles. The van der Waals surface area contributed by atoms with Gasteiger partial charge in [0.25, 0.3) is 5.56 Å². The van der Waals surface area contributed by atoms with Gasteiger partial charge in [-0.2, -0.15) is 0 Å². The van der Waals surface area contributed by atoms with E-state index in [9.17, 15) is 4.79 Å². The zero-order valence-corrected chi connectivity index (χ0v) is 16.9. The van der Waals surface area contributed by atoms with Crippen LogP contribution in [0.5, 0.6) is 0 Å².